The summed E-state index contributed by atoms with van der Waals surface area (Å²) in [5, 5.41) is 7.39. The average molecular weight is 258 g/mol. The zero-order valence-electron chi connectivity index (χ0n) is 10.8. The Morgan fingerprint density at radius 2 is 1.95 bits per heavy atom. The van der Waals surface area contributed by atoms with Crippen LogP contribution in [0.2, 0.25) is 0 Å². The van der Waals surface area contributed by atoms with E-state index in [1.807, 2.05) is 30.3 Å². The Kier molecular flexibility index (Phi) is 3.31. The fourth-order valence-electron chi connectivity index (χ4n) is 2.52. The van der Waals surface area contributed by atoms with Crippen LogP contribution in [0, 0.1) is 0 Å². The monoisotopic (exact) mass is 258 g/mol. The molecule has 1 fully saturated rings. The fourth-order valence-corrected chi connectivity index (χ4v) is 2.52. The van der Waals surface area contributed by atoms with Gasteiger partial charge in [0.15, 0.2) is 5.82 Å². The van der Waals surface area contributed by atoms with E-state index in [1.54, 1.807) is 0 Å². The van der Waals surface area contributed by atoms with Crippen LogP contribution in [-0.2, 0) is 10.2 Å². The molecule has 100 valence electrons. The molecular weight excluding hydrogens is 240 g/mol. The lowest BCUT2D eigenvalue weighted by Gasteiger charge is -2.33. The van der Waals surface area contributed by atoms with Crippen LogP contribution in [0.25, 0.3) is 11.4 Å². The average Bonchev–Trinajstić information content (AvgIpc) is 2.99. The highest BCUT2D eigenvalue weighted by Crippen LogP contribution is 2.32. The van der Waals surface area contributed by atoms with Gasteiger partial charge in [0.25, 0.3) is 0 Å². The Hall–Kier alpha value is -1.72. The summed E-state index contributed by atoms with van der Waals surface area (Å²) in [6.45, 7) is 2.04. The quantitative estimate of drug-likeness (QED) is 0.874. The van der Waals surface area contributed by atoms with E-state index in [0.717, 1.165) is 43.3 Å². The Morgan fingerprint density at radius 1 is 1.21 bits per heavy atom. The van der Waals surface area contributed by atoms with Gasteiger partial charge in [-0.15, -0.1) is 0 Å². The van der Waals surface area contributed by atoms with E-state index in [-0.39, 0.29) is 5.41 Å². The number of aromatic amines is 1. The molecule has 3 N–H and O–H groups in total. The number of benzene rings is 1. The maximum atomic E-state index is 5.97. The SMILES string of the molecule is NCC1(c2nc(-c3ccccc3)n[nH]2)CCOCC1. The van der Waals surface area contributed by atoms with Crippen molar-refractivity contribution in [1.29, 1.82) is 0 Å². The molecule has 2 heterocycles. The van der Waals surface area contributed by atoms with Crippen molar-refractivity contribution in [3.05, 3.63) is 36.2 Å². The fraction of sp³-hybridized carbons (Fsp3) is 0.429. The van der Waals surface area contributed by atoms with Gasteiger partial charge in [0, 0.05) is 30.7 Å². The van der Waals surface area contributed by atoms with E-state index in [4.69, 9.17) is 10.5 Å². The Bertz CT molecular complexity index is 531. The standard InChI is InChI=1S/C14H18N4O/c15-10-14(6-8-19-9-7-14)13-16-12(17-18-13)11-4-2-1-3-5-11/h1-5H,6-10,15H2,(H,16,17,18). The van der Waals surface area contributed by atoms with Crippen molar-refractivity contribution in [1.82, 2.24) is 15.2 Å². The molecule has 1 aliphatic rings. The molecule has 0 radical (unpaired) electrons. The molecule has 5 nitrogen and oxygen atoms in total. The molecule has 19 heavy (non-hydrogen) atoms. The Balaban J connectivity index is 1.92. The van der Waals surface area contributed by atoms with Gasteiger partial charge in [-0.3, -0.25) is 5.10 Å². The number of nitrogens with zero attached hydrogens (tertiary/aromatic N) is 2. The van der Waals surface area contributed by atoms with E-state index in [0.29, 0.717) is 6.54 Å². The predicted octanol–water partition coefficient (Wildman–Crippen LogP) is 1.48. The van der Waals surface area contributed by atoms with Gasteiger partial charge in [0.05, 0.1) is 0 Å². The first-order chi connectivity index (χ1) is 9.34. The molecule has 0 unspecified atom stereocenters. The third-order valence-electron chi connectivity index (χ3n) is 3.86. The topological polar surface area (TPSA) is 76.8 Å². The first-order valence-electron chi connectivity index (χ1n) is 6.60. The largest absolute Gasteiger partial charge is 0.381 e. The van der Waals surface area contributed by atoms with E-state index in [1.165, 1.54) is 0 Å². The summed E-state index contributed by atoms with van der Waals surface area (Å²) in [4.78, 5) is 4.64. The third-order valence-corrected chi connectivity index (χ3v) is 3.86. The molecule has 1 aromatic heterocycles. The highest BCUT2D eigenvalue weighted by atomic mass is 16.5. The lowest BCUT2D eigenvalue weighted by molar-refractivity contribution is 0.0501. The van der Waals surface area contributed by atoms with Crippen LogP contribution in [0.5, 0.6) is 0 Å². The van der Waals surface area contributed by atoms with Crippen molar-refractivity contribution in [2.24, 2.45) is 5.73 Å². The summed E-state index contributed by atoms with van der Waals surface area (Å²) in [5.74, 6) is 1.62. The van der Waals surface area contributed by atoms with Crippen LogP contribution in [0.1, 0.15) is 18.7 Å². The molecule has 2 aromatic rings. The molecule has 0 aliphatic carbocycles. The molecule has 1 aliphatic heterocycles. The van der Waals surface area contributed by atoms with Gasteiger partial charge in [-0.05, 0) is 12.8 Å². The van der Waals surface area contributed by atoms with Gasteiger partial charge in [-0.1, -0.05) is 30.3 Å². The minimum absolute atomic E-state index is 0.113. The number of nitrogens with one attached hydrogen (secondary N) is 1. The maximum Gasteiger partial charge on any atom is 0.181 e. The van der Waals surface area contributed by atoms with Crippen LogP contribution in [0.3, 0.4) is 0 Å². The molecule has 0 atom stereocenters. The van der Waals surface area contributed by atoms with Crippen LogP contribution >= 0.6 is 0 Å². The van der Waals surface area contributed by atoms with E-state index in [9.17, 15) is 0 Å². The van der Waals surface area contributed by atoms with Crippen molar-refractivity contribution in [3.63, 3.8) is 0 Å². The summed E-state index contributed by atoms with van der Waals surface area (Å²) in [7, 11) is 0. The van der Waals surface area contributed by atoms with Gasteiger partial charge in [-0.25, -0.2) is 4.98 Å². The smallest absolute Gasteiger partial charge is 0.181 e. The lowest BCUT2D eigenvalue weighted by Crippen LogP contribution is -2.41. The van der Waals surface area contributed by atoms with Crippen LogP contribution in [0.4, 0.5) is 0 Å². The number of H-pyrrole nitrogens is 1. The van der Waals surface area contributed by atoms with Crippen molar-refractivity contribution >= 4 is 0 Å². The number of hydrogen-bond donors (Lipinski definition) is 2. The summed E-state index contributed by atoms with van der Waals surface area (Å²) in [6.07, 6.45) is 1.79. The van der Waals surface area contributed by atoms with E-state index < -0.39 is 0 Å². The maximum absolute atomic E-state index is 5.97. The number of ether oxygens (including phenoxy) is 1. The predicted molar refractivity (Wildman–Crippen MR) is 72.6 cm³/mol. The molecule has 3 rings (SSSR count). The number of aromatic nitrogens is 3. The van der Waals surface area contributed by atoms with Gasteiger partial charge >= 0.3 is 0 Å². The summed E-state index contributed by atoms with van der Waals surface area (Å²) in [5.41, 5.74) is 6.88. The van der Waals surface area contributed by atoms with Gasteiger partial charge in [0.2, 0.25) is 0 Å². The third kappa shape index (κ3) is 2.27. The molecule has 0 spiro atoms. The van der Waals surface area contributed by atoms with Crippen LogP contribution in [-0.4, -0.2) is 34.9 Å². The van der Waals surface area contributed by atoms with Crippen LogP contribution in [0.15, 0.2) is 30.3 Å². The Labute approximate surface area is 112 Å². The normalized spacial score (nSPS) is 18.4. The van der Waals surface area contributed by atoms with Gasteiger partial charge in [-0.2, -0.15) is 5.10 Å². The molecule has 5 heteroatoms. The van der Waals surface area contributed by atoms with Crippen molar-refractivity contribution in [2.45, 2.75) is 18.3 Å². The first kappa shape index (κ1) is 12.3. The highest BCUT2D eigenvalue weighted by molar-refractivity contribution is 5.54. The van der Waals surface area contributed by atoms with E-state index >= 15 is 0 Å². The van der Waals surface area contributed by atoms with Crippen molar-refractivity contribution in [3.8, 4) is 11.4 Å². The number of nitrogens with two attached hydrogens (primary N) is 1. The zero-order chi connectivity index (χ0) is 13.1. The summed E-state index contributed by atoms with van der Waals surface area (Å²) >= 11 is 0. The zero-order valence-corrected chi connectivity index (χ0v) is 10.8. The highest BCUT2D eigenvalue weighted by Gasteiger charge is 2.36. The van der Waals surface area contributed by atoms with Gasteiger partial charge < -0.3 is 10.5 Å². The minimum atomic E-state index is -0.113. The lowest BCUT2D eigenvalue weighted by atomic mass is 9.79. The summed E-state index contributed by atoms with van der Waals surface area (Å²) in [6, 6.07) is 9.96. The van der Waals surface area contributed by atoms with Gasteiger partial charge in [0.1, 0.15) is 5.82 Å². The minimum Gasteiger partial charge on any atom is -0.381 e. The molecule has 0 amide bonds. The second-order valence-corrected chi connectivity index (χ2v) is 4.97. The summed E-state index contributed by atoms with van der Waals surface area (Å²) < 4.78 is 5.42. The molecule has 1 saturated heterocycles. The van der Waals surface area contributed by atoms with Crippen molar-refractivity contribution in [2.75, 3.05) is 19.8 Å². The molecule has 0 saturated carbocycles. The first-order valence-corrected chi connectivity index (χ1v) is 6.60. The molecule has 1 aromatic carbocycles. The van der Waals surface area contributed by atoms with Crippen LogP contribution < -0.4 is 5.73 Å². The molecular formula is C14H18N4O. The Morgan fingerprint density at radius 3 is 2.63 bits per heavy atom. The van der Waals surface area contributed by atoms with E-state index in [2.05, 4.69) is 15.2 Å². The molecule has 0 bridgehead atoms. The van der Waals surface area contributed by atoms with Crippen molar-refractivity contribution < 1.29 is 4.74 Å². The second-order valence-electron chi connectivity index (χ2n) is 4.97. The number of rotatable bonds is 3. The second kappa shape index (κ2) is 5.11. The number of hydrogen-bond acceptors (Lipinski definition) is 4.